The summed E-state index contributed by atoms with van der Waals surface area (Å²) < 4.78 is 0.429. The van der Waals surface area contributed by atoms with Gasteiger partial charge in [-0.1, -0.05) is 6.42 Å². The fourth-order valence-corrected chi connectivity index (χ4v) is 2.98. The zero-order valence-electron chi connectivity index (χ0n) is 10.7. The Morgan fingerprint density at radius 3 is 2.59 bits per heavy atom. The van der Waals surface area contributed by atoms with Gasteiger partial charge in [-0.15, -0.1) is 0 Å². The van der Waals surface area contributed by atoms with Crippen LogP contribution in [0.2, 0.25) is 0 Å². The molecule has 0 spiro atoms. The number of anilines is 2. The summed E-state index contributed by atoms with van der Waals surface area (Å²) in [5.74, 6) is 2.58. The third-order valence-corrected chi connectivity index (χ3v) is 4.80. The van der Waals surface area contributed by atoms with Crippen molar-refractivity contribution in [3.8, 4) is 0 Å². The first kappa shape index (κ1) is 12.5. The normalized spacial score (nSPS) is 17.4. The Balaban J connectivity index is 2.01. The van der Waals surface area contributed by atoms with Crippen LogP contribution in [0.4, 0.5) is 11.6 Å². The van der Waals surface area contributed by atoms with Crippen LogP contribution in [-0.4, -0.2) is 34.6 Å². The first-order chi connectivity index (χ1) is 8.17. The zero-order chi connectivity index (χ0) is 12.3. The highest BCUT2D eigenvalue weighted by molar-refractivity contribution is 8.00. The van der Waals surface area contributed by atoms with Crippen molar-refractivity contribution in [2.45, 2.75) is 30.9 Å². The maximum atomic E-state index is 4.41. The van der Waals surface area contributed by atoms with Crippen molar-refractivity contribution in [3.05, 3.63) is 11.9 Å². The minimum absolute atomic E-state index is 0.429. The molecule has 0 amide bonds. The van der Waals surface area contributed by atoms with E-state index in [1.54, 1.807) is 0 Å². The van der Waals surface area contributed by atoms with E-state index >= 15 is 0 Å². The quantitative estimate of drug-likeness (QED) is 0.843. The Morgan fingerprint density at radius 2 is 2.06 bits per heavy atom. The molecule has 17 heavy (non-hydrogen) atoms. The number of hydrogen-bond acceptors (Lipinski definition) is 5. The molecule has 1 aliphatic carbocycles. The smallest absolute Gasteiger partial charge is 0.131 e. The zero-order valence-corrected chi connectivity index (χ0v) is 11.5. The molecule has 0 bridgehead atoms. The maximum Gasteiger partial charge on any atom is 0.131 e. The van der Waals surface area contributed by atoms with Crippen LogP contribution in [0.25, 0.3) is 0 Å². The highest BCUT2D eigenvalue weighted by Crippen LogP contribution is 2.42. The van der Waals surface area contributed by atoms with Crippen LogP contribution in [-0.2, 0) is 0 Å². The number of nitrogens with one attached hydrogen (secondary N) is 2. The SMILES string of the molecule is CNc1cc(NCC2(SC)CCC2)nc(C)n1. The van der Waals surface area contributed by atoms with Crippen LogP contribution < -0.4 is 10.6 Å². The topological polar surface area (TPSA) is 49.8 Å². The largest absolute Gasteiger partial charge is 0.373 e. The molecular weight excluding hydrogens is 232 g/mol. The molecule has 0 radical (unpaired) electrons. The van der Waals surface area contributed by atoms with Crippen LogP contribution in [0.15, 0.2) is 6.07 Å². The van der Waals surface area contributed by atoms with E-state index in [2.05, 4.69) is 26.9 Å². The Kier molecular flexibility index (Phi) is 3.76. The summed E-state index contributed by atoms with van der Waals surface area (Å²) in [6.45, 7) is 2.91. The van der Waals surface area contributed by atoms with Gasteiger partial charge in [0.05, 0.1) is 0 Å². The molecule has 1 aromatic heterocycles. The number of aromatic nitrogens is 2. The molecule has 1 fully saturated rings. The number of hydrogen-bond donors (Lipinski definition) is 2. The monoisotopic (exact) mass is 252 g/mol. The van der Waals surface area contributed by atoms with Crippen molar-refractivity contribution < 1.29 is 0 Å². The fourth-order valence-electron chi connectivity index (χ4n) is 2.06. The van der Waals surface area contributed by atoms with Crippen molar-refractivity contribution in [3.63, 3.8) is 0 Å². The maximum absolute atomic E-state index is 4.41. The van der Waals surface area contributed by atoms with Crippen LogP contribution in [0.3, 0.4) is 0 Å². The summed E-state index contributed by atoms with van der Waals surface area (Å²) in [6.07, 6.45) is 6.17. The molecule has 2 rings (SSSR count). The van der Waals surface area contributed by atoms with Crippen LogP contribution in [0.5, 0.6) is 0 Å². The third kappa shape index (κ3) is 2.83. The van der Waals surface area contributed by atoms with Crippen LogP contribution >= 0.6 is 11.8 Å². The fraction of sp³-hybridized carbons (Fsp3) is 0.667. The summed E-state index contributed by atoms with van der Waals surface area (Å²) >= 11 is 1.97. The predicted molar refractivity (Wildman–Crippen MR) is 74.9 cm³/mol. The van der Waals surface area contributed by atoms with E-state index in [9.17, 15) is 0 Å². The molecule has 94 valence electrons. The molecule has 0 aliphatic heterocycles. The third-order valence-electron chi connectivity index (χ3n) is 3.38. The lowest BCUT2D eigenvalue weighted by atomic mass is 9.84. The first-order valence-electron chi connectivity index (χ1n) is 6.00. The van der Waals surface area contributed by atoms with E-state index < -0.39 is 0 Å². The second-order valence-corrected chi connectivity index (χ2v) is 5.80. The second-order valence-electron chi connectivity index (χ2n) is 4.53. The molecule has 2 N–H and O–H groups in total. The second kappa shape index (κ2) is 5.12. The van der Waals surface area contributed by atoms with Crippen LogP contribution in [0.1, 0.15) is 25.1 Å². The average Bonchev–Trinajstić information content (AvgIpc) is 2.27. The van der Waals surface area contributed by atoms with E-state index in [0.717, 1.165) is 24.0 Å². The van der Waals surface area contributed by atoms with Gasteiger partial charge in [0.1, 0.15) is 17.5 Å². The number of aryl methyl sites for hydroxylation is 1. The minimum Gasteiger partial charge on any atom is -0.373 e. The van der Waals surface area contributed by atoms with Gasteiger partial charge in [0.15, 0.2) is 0 Å². The molecule has 4 nitrogen and oxygen atoms in total. The highest BCUT2D eigenvalue weighted by atomic mass is 32.2. The van der Waals surface area contributed by atoms with Crippen molar-refractivity contribution in [2.75, 3.05) is 30.5 Å². The van der Waals surface area contributed by atoms with Gasteiger partial charge in [0.2, 0.25) is 0 Å². The molecule has 1 aromatic rings. The molecule has 0 saturated heterocycles. The first-order valence-corrected chi connectivity index (χ1v) is 7.22. The number of thioether (sulfide) groups is 1. The summed E-state index contributed by atoms with van der Waals surface area (Å²) in [7, 11) is 1.88. The highest BCUT2D eigenvalue weighted by Gasteiger charge is 2.35. The Bertz CT molecular complexity index is 385. The van der Waals surface area contributed by atoms with Gasteiger partial charge < -0.3 is 10.6 Å². The molecule has 0 unspecified atom stereocenters. The van der Waals surface area contributed by atoms with E-state index in [1.807, 2.05) is 31.8 Å². The van der Waals surface area contributed by atoms with Crippen molar-refractivity contribution in [1.82, 2.24) is 9.97 Å². The average molecular weight is 252 g/mol. The Morgan fingerprint density at radius 1 is 1.35 bits per heavy atom. The standard InChI is InChI=1S/C12H20N4S/c1-9-15-10(13-2)7-11(16-9)14-8-12(17-3)5-4-6-12/h7H,4-6,8H2,1-3H3,(H2,13,14,15,16). The van der Waals surface area contributed by atoms with Crippen molar-refractivity contribution >= 4 is 23.4 Å². The van der Waals surface area contributed by atoms with Gasteiger partial charge in [-0.2, -0.15) is 11.8 Å². The number of nitrogens with zero attached hydrogens (tertiary/aromatic N) is 2. The van der Waals surface area contributed by atoms with Gasteiger partial charge in [0.25, 0.3) is 0 Å². The minimum atomic E-state index is 0.429. The van der Waals surface area contributed by atoms with Crippen molar-refractivity contribution in [1.29, 1.82) is 0 Å². The lowest BCUT2D eigenvalue weighted by molar-refractivity contribution is 0.379. The summed E-state index contributed by atoms with van der Waals surface area (Å²) in [5, 5.41) is 6.49. The van der Waals surface area contributed by atoms with Crippen molar-refractivity contribution in [2.24, 2.45) is 0 Å². The van der Waals surface area contributed by atoms with Gasteiger partial charge in [-0.25, -0.2) is 9.97 Å². The molecule has 1 saturated carbocycles. The predicted octanol–water partition coefficient (Wildman–Crippen LogP) is 2.52. The molecule has 5 heteroatoms. The van der Waals surface area contributed by atoms with E-state index in [0.29, 0.717) is 4.75 Å². The molecule has 0 aromatic carbocycles. The molecule has 1 aliphatic rings. The van der Waals surface area contributed by atoms with E-state index in [-0.39, 0.29) is 0 Å². The Labute approximate surface area is 107 Å². The van der Waals surface area contributed by atoms with Gasteiger partial charge >= 0.3 is 0 Å². The lowest BCUT2D eigenvalue weighted by Crippen LogP contribution is -2.40. The lowest BCUT2D eigenvalue weighted by Gasteiger charge is -2.40. The summed E-state index contributed by atoms with van der Waals surface area (Å²) in [5.41, 5.74) is 0. The Hall–Kier alpha value is -0.970. The van der Waals surface area contributed by atoms with E-state index in [4.69, 9.17) is 0 Å². The van der Waals surface area contributed by atoms with Gasteiger partial charge in [0, 0.05) is 24.4 Å². The van der Waals surface area contributed by atoms with Crippen LogP contribution in [0, 0.1) is 6.92 Å². The van der Waals surface area contributed by atoms with Gasteiger partial charge in [-0.05, 0) is 26.0 Å². The summed E-state index contributed by atoms with van der Waals surface area (Å²) in [6, 6.07) is 1.96. The molecule has 0 atom stereocenters. The van der Waals surface area contributed by atoms with Gasteiger partial charge in [-0.3, -0.25) is 0 Å². The number of rotatable bonds is 5. The van der Waals surface area contributed by atoms with E-state index in [1.165, 1.54) is 19.3 Å². The summed E-state index contributed by atoms with van der Waals surface area (Å²) in [4.78, 5) is 8.69. The molecular formula is C12H20N4S. The molecule has 1 heterocycles.